The molecule has 1 aliphatic rings. The summed E-state index contributed by atoms with van der Waals surface area (Å²) in [5.74, 6) is 0.598. The molecule has 2 N–H and O–H groups in total. The lowest BCUT2D eigenvalue weighted by atomic mass is 10.2. The molecule has 2 heterocycles. The molecule has 33 heavy (non-hydrogen) atoms. The molecule has 0 amide bonds. The maximum Gasteiger partial charge on any atom is 0.271 e. The molecule has 1 saturated heterocycles. The minimum absolute atomic E-state index is 0.00960. The number of benzene rings is 2. The van der Waals surface area contributed by atoms with Crippen LogP contribution in [0.15, 0.2) is 63.7 Å². The van der Waals surface area contributed by atoms with E-state index in [9.17, 15) is 16.8 Å². The summed E-state index contributed by atoms with van der Waals surface area (Å²) in [6.45, 7) is 1.45. The molecule has 0 saturated carbocycles. The van der Waals surface area contributed by atoms with E-state index in [2.05, 4.69) is 9.44 Å². The second kappa shape index (κ2) is 9.41. The van der Waals surface area contributed by atoms with Crippen LogP contribution in [0.3, 0.4) is 0 Å². The van der Waals surface area contributed by atoms with Gasteiger partial charge in [0.05, 0.1) is 22.8 Å². The topological polar surface area (TPSA) is 105 Å². The number of anilines is 3. The van der Waals surface area contributed by atoms with Crippen molar-refractivity contribution in [3.05, 3.63) is 58.9 Å². The molecule has 0 unspecified atom stereocenters. The Labute approximate surface area is 202 Å². The van der Waals surface area contributed by atoms with Crippen molar-refractivity contribution < 1.29 is 21.6 Å². The smallest absolute Gasteiger partial charge is 0.271 e. The van der Waals surface area contributed by atoms with Crippen molar-refractivity contribution >= 4 is 60.0 Å². The molecule has 3 aromatic rings. The second-order valence-corrected chi connectivity index (χ2v) is 12.6. The van der Waals surface area contributed by atoms with E-state index in [1.807, 2.05) is 4.90 Å². The number of rotatable bonds is 8. The number of hydrogen-bond donors (Lipinski definition) is 2. The van der Waals surface area contributed by atoms with Crippen molar-refractivity contribution in [1.29, 1.82) is 0 Å². The minimum Gasteiger partial charge on any atom is -0.497 e. The van der Waals surface area contributed by atoms with Gasteiger partial charge in [-0.25, -0.2) is 16.8 Å². The van der Waals surface area contributed by atoms with Crippen molar-refractivity contribution in [1.82, 2.24) is 0 Å². The van der Waals surface area contributed by atoms with Crippen molar-refractivity contribution in [2.24, 2.45) is 0 Å². The van der Waals surface area contributed by atoms with E-state index in [-0.39, 0.29) is 14.8 Å². The van der Waals surface area contributed by atoms with Crippen LogP contribution < -0.4 is 19.1 Å². The highest BCUT2D eigenvalue weighted by atomic mass is 35.5. The zero-order valence-electron chi connectivity index (χ0n) is 17.6. The highest BCUT2D eigenvalue weighted by Crippen LogP contribution is 2.34. The van der Waals surface area contributed by atoms with Gasteiger partial charge in [0.15, 0.2) is 0 Å². The van der Waals surface area contributed by atoms with Gasteiger partial charge in [0.1, 0.15) is 14.9 Å². The highest BCUT2D eigenvalue weighted by Gasteiger charge is 2.26. The first-order valence-electron chi connectivity index (χ1n) is 10.0. The maximum absolute atomic E-state index is 13.4. The van der Waals surface area contributed by atoms with Crippen LogP contribution >= 0.6 is 22.9 Å². The Balaban J connectivity index is 1.70. The van der Waals surface area contributed by atoms with E-state index in [0.29, 0.717) is 21.5 Å². The van der Waals surface area contributed by atoms with Crippen LogP contribution in [0, 0.1) is 0 Å². The summed E-state index contributed by atoms with van der Waals surface area (Å²) in [7, 11) is -6.41. The van der Waals surface area contributed by atoms with Crippen LogP contribution in [-0.4, -0.2) is 37.0 Å². The second-order valence-electron chi connectivity index (χ2n) is 7.37. The first-order valence-corrected chi connectivity index (χ1v) is 14.2. The maximum atomic E-state index is 13.4. The molecule has 0 radical (unpaired) electrons. The number of sulfonamides is 2. The predicted octanol–water partition coefficient (Wildman–Crippen LogP) is 4.61. The van der Waals surface area contributed by atoms with Gasteiger partial charge in [-0.2, -0.15) is 0 Å². The van der Waals surface area contributed by atoms with Gasteiger partial charge in [0.2, 0.25) is 0 Å². The minimum atomic E-state index is -4.03. The van der Waals surface area contributed by atoms with Gasteiger partial charge in [-0.15, -0.1) is 11.3 Å². The van der Waals surface area contributed by atoms with Crippen LogP contribution in [0.1, 0.15) is 12.8 Å². The average Bonchev–Trinajstić information content (AvgIpc) is 3.46. The van der Waals surface area contributed by atoms with E-state index < -0.39 is 20.0 Å². The molecule has 4 rings (SSSR count). The Kier molecular flexibility index (Phi) is 6.76. The number of ether oxygens (including phenoxy) is 1. The quantitative estimate of drug-likeness (QED) is 0.443. The van der Waals surface area contributed by atoms with E-state index in [0.717, 1.165) is 37.3 Å². The van der Waals surface area contributed by atoms with Gasteiger partial charge in [-0.1, -0.05) is 11.6 Å². The Morgan fingerprint density at radius 2 is 1.52 bits per heavy atom. The lowest BCUT2D eigenvalue weighted by Crippen LogP contribution is -2.23. The zero-order chi connectivity index (χ0) is 23.6. The average molecular weight is 528 g/mol. The number of nitrogens with one attached hydrogen (secondary N) is 2. The fraction of sp³-hybridized carbons (Fsp3) is 0.238. The van der Waals surface area contributed by atoms with Crippen LogP contribution in [0.25, 0.3) is 0 Å². The molecular weight excluding hydrogens is 506 g/mol. The molecule has 0 aliphatic carbocycles. The molecule has 1 aromatic heterocycles. The Bertz CT molecular complexity index is 1350. The number of methoxy groups -OCH3 is 1. The summed E-state index contributed by atoms with van der Waals surface area (Å²) in [5, 5.41) is 0. The molecule has 8 nitrogen and oxygen atoms in total. The zero-order valence-corrected chi connectivity index (χ0v) is 20.8. The normalized spacial score (nSPS) is 14.3. The third-order valence-electron chi connectivity index (χ3n) is 5.10. The first-order chi connectivity index (χ1) is 15.7. The van der Waals surface area contributed by atoms with Crippen LogP contribution in [0.4, 0.5) is 17.1 Å². The molecule has 12 heteroatoms. The largest absolute Gasteiger partial charge is 0.497 e. The van der Waals surface area contributed by atoms with Crippen molar-refractivity contribution in [2.75, 3.05) is 34.5 Å². The summed E-state index contributed by atoms with van der Waals surface area (Å²) < 4.78 is 62.7. The van der Waals surface area contributed by atoms with E-state index in [4.69, 9.17) is 16.3 Å². The van der Waals surface area contributed by atoms with Crippen molar-refractivity contribution in [3.8, 4) is 5.75 Å². The molecule has 176 valence electrons. The Hall–Kier alpha value is -2.47. The molecule has 1 aliphatic heterocycles. The summed E-state index contributed by atoms with van der Waals surface area (Å²) in [6, 6.07) is 13.9. The lowest BCUT2D eigenvalue weighted by molar-refractivity contribution is 0.415. The number of nitrogens with zero attached hydrogens (tertiary/aromatic N) is 1. The molecule has 2 aromatic carbocycles. The van der Waals surface area contributed by atoms with E-state index in [1.54, 1.807) is 36.4 Å². The fourth-order valence-corrected chi connectivity index (χ4v) is 7.37. The van der Waals surface area contributed by atoms with Gasteiger partial charge < -0.3 is 9.64 Å². The molecule has 0 atom stereocenters. The Morgan fingerprint density at radius 1 is 0.879 bits per heavy atom. The monoisotopic (exact) mass is 527 g/mol. The van der Waals surface area contributed by atoms with Crippen LogP contribution in [0.5, 0.6) is 5.75 Å². The fourth-order valence-electron chi connectivity index (χ4n) is 3.53. The lowest BCUT2D eigenvalue weighted by Gasteiger charge is -2.22. The van der Waals surface area contributed by atoms with Gasteiger partial charge in [0.25, 0.3) is 20.0 Å². The number of thiophene rings is 1. The third-order valence-corrected chi connectivity index (χ3v) is 9.62. The standard InChI is InChI=1S/C21H22ClN3O5S3/c1-30-17-7-4-15(5-8-17)23-32(26,27)19-14-16(6-9-18(19)25-12-2-3-13-25)24-33(28,29)21-11-10-20(22)31-21/h4-11,14,23-24H,2-3,12-13H2,1H3. The van der Waals surface area contributed by atoms with Gasteiger partial charge in [0, 0.05) is 18.8 Å². The van der Waals surface area contributed by atoms with Crippen LogP contribution in [-0.2, 0) is 20.0 Å². The SMILES string of the molecule is COc1ccc(NS(=O)(=O)c2cc(NS(=O)(=O)c3ccc(Cl)s3)ccc2N2CCCC2)cc1. The summed E-state index contributed by atoms with van der Waals surface area (Å²) >= 11 is 6.79. The Morgan fingerprint density at radius 3 is 2.12 bits per heavy atom. The summed E-state index contributed by atoms with van der Waals surface area (Å²) in [6.07, 6.45) is 1.91. The van der Waals surface area contributed by atoms with Crippen LogP contribution in [0.2, 0.25) is 4.34 Å². The van der Waals surface area contributed by atoms with Gasteiger partial charge in [-0.05, 0) is 67.4 Å². The van der Waals surface area contributed by atoms with Crippen molar-refractivity contribution in [3.63, 3.8) is 0 Å². The third kappa shape index (κ3) is 5.37. The predicted molar refractivity (Wildman–Crippen MR) is 132 cm³/mol. The molecule has 0 spiro atoms. The van der Waals surface area contributed by atoms with Gasteiger partial charge >= 0.3 is 0 Å². The molecule has 0 bridgehead atoms. The van der Waals surface area contributed by atoms with E-state index in [1.165, 1.54) is 25.3 Å². The number of halogens is 1. The molecule has 1 fully saturated rings. The van der Waals surface area contributed by atoms with E-state index >= 15 is 0 Å². The first kappa shape index (κ1) is 23.7. The molecular formula is C21H22ClN3O5S3. The number of hydrogen-bond acceptors (Lipinski definition) is 7. The summed E-state index contributed by atoms with van der Waals surface area (Å²) in [5.41, 5.74) is 1.02. The summed E-state index contributed by atoms with van der Waals surface area (Å²) in [4.78, 5) is 1.98. The van der Waals surface area contributed by atoms with Crippen molar-refractivity contribution in [2.45, 2.75) is 21.9 Å². The van der Waals surface area contributed by atoms with Gasteiger partial charge in [-0.3, -0.25) is 9.44 Å². The highest BCUT2D eigenvalue weighted by molar-refractivity contribution is 7.94.